The van der Waals surface area contributed by atoms with Crippen LogP contribution in [-0.4, -0.2) is 79.2 Å². The lowest BCUT2D eigenvalue weighted by atomic mass is 10.0. The molecule has 8 nitrogen and oxygen atoms in total. The smallest absolute Gasteiger partial charge is 0.254 e. The van der Waals surface area contributed by atoms with Crippen molar-refractivity contribution in [3.8, 4) is 11.1 Å². The van der Waals surface area contributed by atoms with Gasteiger partial charge in [0.2, 0.25) is 10.0 Å². The highest BCUT2D eigenvalue weighted by Gasteiger charge is 2.50. The van der Waals surface area contributed by atoms with Gasteiger partial charge in [0.25, 0.3) is 11.8 Å². The number of rotatable bonds is 6. The Morgan fingerprint density at radius 2 is 1.38 bits per heavy atom. The van der Waals surface area contributed by atoms with Gasteiger partial charge in [-0.25, -0.2) is 8.42 Å². The van der Waals surface area contributed by atoms with Gasteiger partial charge in [-0.15, -0.1) is 0 Å². The van der Waals surface area contributed by atoms with E-state index in [-0.39, 0.29) is 17.1 Å². The molecule has 1 heterocycles. The first-order chi connectivity index (χ1) is 16.2. The van der Waals surface area contributed by atoms with E-state index in [9.17, 15) is 23.1 Å². The number of aliphatic hydroxyl groups is 1. The maximum absolute atomic E-state index is 12.9. The second kappa shape index (κ2) is 8.39. The maximum atomic E-state index is 12.9. The quantitative estimate of drug-likeness (QED) is 0.679. The summed E-state index contributed by atoms with van der Waals surface area (Å²) in [6.07, 6.45) is 2.51. The Balaban J connectivity index is 1.21. The van der Waals surface area contributed by atoms with Crippen molar-refractivity contribution in [2.45, 2.75) is 36.5 Å². The lowest BCUT2D eigenvalue weighted by Gasteiger charge is -2.35. The van der Waals surface area contributed by atoms with Crippen LogP contribution in [0.1, 0.15) is 36.0 Å². The summed E-state index contributed by atoms with van der Waals surface area (Å²) in [6, 6.07) is 14.7. The molecule has 0 aromatic heterocycles. The zero-order chi connectivity index (χ0) is 24.1. The Hall–Kier alpha value is -2.91. The van der Waals surface area contributed by atoms with Gasteiger partial charge in [-0.2, -0.15) is 0 Å². The minimum Gasteiger partial charge on any atom is -0.380 e. The van der Waals surface area contributed by atoms with Crippen LogP contribution < -0.4 is 4.31 Å². The number of hydrogen-bond acceptors (Lipinski definition) is 5. The fraction of sp³-hybridized carbons (Fsp3) is 0.440. The number of benzene rings is 2. The van der Waals surface area contributed by atoms with Crippen LogP contribution in [0.25, 0.3) is 11.1 Å². The van der Waals surface area contributed by atoms with Crippen LogP contribution in [-0.2, 0) is 14.8 Å². The number of carbonyl (C=O) groups excluding carboxylic acids is 2. The summed E-state index contributed by atoms with van der Waals surface area (Å²) in [5, 5.41) is 9.77. The summed E-state index contributed by atoms with van der Waals surface area (Å²) in [5.74, 6) is -0.294. The van der Waals surface area contributed by atoms with Gasteiger partial charge in [-0.3, -0.25) is 13.9 Å². The summed E-state index contributed by atoms with van der Waals surface area (Å²) < 4.78 is 26.2. The number of carbonyl (C=O) groups is 2. The molecule has 3 fully saturated rings. The molecule has 2 aromatic rings. The van der Waals surface area contributed by atoms with Crippen molar-refractivity contribution in [3.63, 3.8) is 0 Å². The molecule has 5 rings (SSSR count). The fourth-order valence-electron chi connectivity index (χ4n) is 4.33. The van der Waals surface area contributed by atoms with Crippen molar-refractivity contribution in [3.05, 3.63) is 54.1 Å². The third-order valence-corrected chi connectivity index (χ3v) is 9.29. The summed E-state index contributed by atoms with van der Waals surface area (Å²) in [6.45, 7) is 1.76. The highest BCUT2D eigenvalue weighted by Crippen LogP contribution is 2.37. The standard InChI is InChI=1S/C25H29N3O5S/c1-26(34(32,33)22-10-11-22)21-8-6-19(7-9-21)18-2-4-20(5-3-18)23(29)27-14-16-28(17-15-27)24(30)25(31)12-13-25/h2-9,22,31H,10-17H2,1H3. The van der Waals surface area contributed by atoms with Crippen LogP contribution in [0, 0.1) is 0 Å². The van der Waals surface area contributed by atoms with Crippen molar-refractivity contribution >= 4 is 27.5 Å². The molecule has 9 heteroatoms. The van der Waals surface area contributed by atoms with Crippen LogP contribution in [0.4, 0.5) is 5.69 Å². The predicted octanol–water partition coefficient (Wildman–Crippen LogP) is 2.09. The van der Waals surface area contributed by atoms with Gasteiger partial charge in [-0.05, 0) is 61.1 Å². The first-order valence-electron chi connectivity index (χ1n) is 11.7. The van der Waals surface area contributed by atoms with Crippen molar-refractivity contribution in [1.82, 2.24) is 9.80 Å². The Morgan fingerprint density at radius 3 is 1.88 bits per heavy atom. The van der Waals surface area contributed by atoms with Crippen molar-refractivity contribution in [2.24, 2.45) is 0 Å². The van der Waals surface area contributed by atoms with E-state index in [1.54, 1.807) is 41.1 Å². The first-order valence-corrected chi connectivity index (χ1v) is 13.2. The summed E-state index contributed by atoms with van der Waals surface area (Å²) >= 11 is 0. The number of sulfonamides is 1. The van der Waals surface area contributed by atoms with Gasteiger partial charge in [0.05, 0.1) is 10.9 Å². The van der Waals surface area contributed by atoms with Gasteiger partial charge >= 0.3 is 0 Å². The van der Waals surface area contributed by atoms with E-state index in [2.05, 4.69) is 0 Å². The van der Waals surface area contributed by atoms with Crippen molar-refractivity contribution < 1.29 is 23.1 Å². The normalized spacial score (nSPS) is 19.6. The number of amides is 2. The highest BCUT2D eigenvalue weighted by atomic mass is 32.2. The van der Waals surface area contributed by atoms with E-state index < -0.39 is 15.6 Å². The van der Waals surface area contributed by atoms with E-state index in [0.717, 1.165) is 24.0 Å². The lowest BCUT2D eigenvalue weighted by molar-refractivity contribution is -0.143. The summed E-state index contributed by atoms with van der Waals surface area (Å²) in [7, 11) is -1.69. The van der Waals surface area contributed by atoms with Crippen LogP contribution in [0.5, 0.6) is 0 Å². The Labute approximate surface area is 199 Å². The molecule has 2 aromatic carbocycles. The molecular weight excluding hydrogens is 454 g/mol. The average Bonchev–Trinajstić information content (AvgIpc) is 3.79. The van der Waals surface area contributed by atoms with Gasteiger partial charge in [0.1, 0.15) is 5.60 Å². The molecule has 0 radical (unpaired) electrons. The lowest BCUT2D eigenvalue weighted by Crippen LogP contribution is -2.53. The highest BCUT2D eigenvalue weighted by molar-refractivity contribution is 7.93. The van der Waals surface area contributed by atoms with E-state index in [1.165, 1.54) is 4.31 Å². The fourth-order valence-corrected chi connectivity index (χ4v) is 5.92. The minimum atomic E-state index is -3.28. The van der Waals surface area contributed by atoms with Crippen LogP contribution in [0.2, 0.25) is 0 Å². The molecule has 3 aliphatic rings. The number of hydrogen-bond donors (Lipinski definition) is 1. The van der Waals surface area contributed by atoms with Crippen LogP contribution >= 0.6 is 0 Å². The van der Waals surface area contributed by atoms with E-state index in [0.29, 0.717) is 50.3 Å². The molecule has 0 spiro atoms. The Morgan fingerprint density at radius 1 is 0.882 bits per heavy atom. The summed E-state index contributed by atoms with van der Waals surface area (Å²) in [4.78, 5) is 28.6. The zero-order valence-electron chi connectivity index (χ0n) is 19.2. The third kappa shape index (κ3) is 4.30. The monoisotopic (exact) mass is 483 g/mol. The van der Waals surface area contributed by atoms with Gasteiger partial charge in [0.15, 0.2) is 0 Å². The zero-order valence-corrected chi connectivity index (χ0v) is 20.0. The van der Waals surface area contributed by atoms with Gasteiger partial charge in [0, 0.05) is 38.8 Å². The van der Waals surface area contributed by atoms with E-state index in [4.69, 9.17) is 0 Å². The predicted molar refractivity (Wildman–Crippen MR) is 129 cm³/mol. The second-order valence-corrected chi connectivity index (χ2v) is 11.7. The third-order valence-electron chi connectivity index (χ3n) is 7.00. The molecule has 0 unspecified atom stereocenters. The number of nitrogens with zero attached hydrogens (tertiary/aromatic N) is 3. The first kappa shape index (κ1) is 22.9. The minimum absolute atomic E-state index is 0.0777. The molecule has 180 valence electrons. The molecule has 1 aliphatic heterocycles. The molecule has 1 N–H and O–H groups in total. The van der Waals surface area contributed by atoms with Gasteiger partial charge in [-0.1, -0.05) is 24.3 Å². The molecule has 0 atom stereocenters. The maximum Gasteiger partial charge on any atom is 0.254 e. The summed E-state index contributed by atoms with van der Waals surface area (Å²) in [5.41, 5.74) is 1.92. The number of anilines is 1. The molecule has 0 bridgehead atoms. The van der Waals surface area contributed by atoms with Crippen LogP contribution in [0.15, 0.2) is 48.5 Å². The van der Waals surface area contributed by atoms with Crippen molar-refractivity contribution in [2.75, 3.05) is 37.5 Å². The Kier molecular flexibility index (Phi) is 5.64. The molecule has 2 aliphatic carbocycles. The van der Waals surface area contributed by atoms with E-state index >= 15 is 0 Å². The number of piperazine rings is 1. The van der Waals surface area contributed by atoms with Gasteiger partial charge < -0.3 is 14.9 Å². The topological polar surface area (TPSA) is 98.2 Å². The molecule has 2 amide bonds. The molecule has 1 saturated heterocycles. The largest absolute Gasteiger partial charge is 0.380 e. The van der Waals surface area contributed by atoms with Crippen molar-refractivity contribution in [1.29, 1.82) is 0 Å². The molecule has 2 saturated carbocycles. The average molecular weight is 484 g/mol. The molecular formula is C25H29N3O5S. The Bertz CT molecular complexity index is 1190. The van der Waals surface area contributed by atoms with E-state index in [1.807, 2.05) is 24.3 Å². The van der Waals surface area contributed by atoms with Crippen LogP contribution in [0.3, 0.4) is 0 Å². The SMILES string of the molecule is CN(c1ccc(-c2ccc(C(=O)N3CCN(C(=O)C4(O)CC4)CC3)cc2)cc1)S(=O)(=O)C1CC1. The molecule has 34 heavy (non-hydrogen) atoms. The second-order valence-electron chi connectivity index (χ2n) is 9.45.